The molecule has 21 heavy (non-hydrogen) atoms. The van der Waals surface area contributed by atoms with E-state index in [2.05, 4.69) is 11.1 Å². The van der Waals surface area contributed by atoms with Gasteiger partial charge in [0.15, 0.2) is 17.7 Å². The van der Waals surface area contributed by atoms with E-state index < -0.39 is 17.7 Å². The van der Waals surface area contributed by atoms with Gasteiger partial charge in [-0.1, -0.05) is 0 Å². The Morgan fingerprint density at radius 3 is 3.00 bits per heavy atom. The summed E-state index contributed by atoms with van der Waals surface area (Å²) in [5.41, 5.74) is 1.37. The maximum Gasteiger partial charge on any atom is 0.185 e. The Labute approximate surface area is 120 Å². The maximum atomic E-state index is 13.9. The monoisotopic (exact) mass is 289 g/mol. The second-order valence-electron chi connectivity index (χ2n) is 4.97. The van der Waals surface area contributed by atoms with Crippen LogP contribution in [0.15, 0.2) is 18.2 Å². The van der Waals surface area contributed by atoms with Crippen LogP contribution in [0.4, 0.5) is 14.5 Å². The fourth-order valence-electron chi connectivity index (χ4n) is 2.55. The van der Waals surface area contributed by atoms with Crippen molar-refractivity contribution in [3.63, 3.8) is 0 Å². The summed E-state index contributed by atoms with van der Waals surface area (Å²) in [7, 11) is 0. The summed E-state index contributed by atoms with van der Waals surface area (Å²) in [5, 5.41) is 9.52. The van der Waals surface area contributed by atoms with Crippen LogP contribution in [0.1, 0.15) is 5.69 Å². The largest absolute Gasteiger partial charge is 0.365 e. The third-order valence-electron chi connectivity index (χ3n) is 3.53. The minimum atomic E-state index is -0.942. The van der Waals surface area contributed by atoms with Gasteiger partial charge in [-0.3, -0.25) is 0 Å². The highest BCUT2D eigenvalue weighted by Crippen LogP contribution is 2.30. The van der Waals surface area contributed by atoms with Gasteiger partial charge in [-0.25, -0.2) is 13.8 Å². The van der Waals surface area contributed by atoms with E-state index in [1.807, 2.05) is 11.0 Å². The fraction of sp³-hybridized carbons (Fsp3) is 0.333. The fourth-order valence-corrected chi connectivity index (χ4v) is 2.55. The highest BCUT2D eigenvalue weighted by atomic mass is 19.2. The molecule has 0 spiro atoms. The Kier molecular flexibility index (Phi) is 3.43. The Bertz CT molecular complexity index is 742. The summed E-state index contributed by atoms with van der Waals surface area (Å²) in [5.74, 6) is -1.86. The summed E-state index contributed by atoms with van der Waals surface area (Å²) in [6.45, 7) is 3.14. The number of morpholine rings is 1. The minimum Gasteiger partial charge on any atom is -0.365 e. The van der Waals surface area contributed by atoms with Crippen molar-refractivity contribution in [2.24, 2.45) is 0 Å². The van der Waals surface area contributed by atoms with Crippen molar-refractivity contribution in [1.29, 1.82) is 5.26 Å². The number of ether oxygens (including phenoxy) is 1. The van der Waals surface area contributed by atoms with Gasteiger partial charge in [-0.15, -0.1) is 0 Å². The normalized spacial score (nSPS) is 18.8. The number of pyridine rings is 1. The van der Waals surface area contributed by atoms with Crippen molar-refractivity contribution in [3.8, 4) is 6.07 Å². The van der Waals surface area contributed by atoms with Crippen LogP contribution in [0.5, 0.6) is 0 Å². The molecule has 0 N–H and O–H groups in total. The third-order valence-corrected chi connectivity index (χ3v) is 3.53. The average Bonchev–Trinajstić information content (AvgIpc) is 2.51. The van der Waals surface area contributed by atoms with Crippen molar-refractivity contribution < 1.29 is 13.5 Å². The van der Waals surface area contributed by atoms with Crippen LogP contribution in [0.3, 0.4) is 0 Å². The van der Waals surface area contributed by atoms with Crippen LogP contribution in [-0.2, 0) is 4.74 Å². The molecule has 0 amide bonds. The Hall–Kier alpha value is -2.26. The van der Waals surface area contributed by atoms with Gasteiger partial charge in [0.25, 0.3) is 0 Å². The first kappa shape index (κ1) is 13.7. The first-order valence-corrected chi connectivity index (χ1v) is 6.61. The van der Waals surface area contributed by atoms with E-state index in [1.165, 1.54) is 6.07 Å². The number of halogens is 2. The highest BCUT2D eigenvalue weighted by Gasteiger charge is 2.23. The molecule has 1 aromatic heterocycles. The highest BCUT2D eigenvalue weighted by molar-refractivity contribution is 5.92. The number of fused-ring (bicyclic) bond motifs is 1. The lowest BCUT2D eigenvalue weighted by Gasteiger charge is -2.32. The van der Waals surface area contributed by atoms with Gasteiger partial charge >= 0.3 is 0 Å². The molecule has 0 aliphatic carbocycles. The van der Waals surface area contributed by atoms with Crippen molar-refractivity contribution in [2.75, 3.05) is 24.6 Å². The number of rotatable bonds is 1. The van der Waals surface area contributed by atoms with Crippen LogP contribution in [-0.4, -0.2) is 30.8 Å². The molecule has 1 unspecified atom stereocenters. The van der Waals surface area contributed by atoms with E-state index in [4.69, 9.17) is 10.00 Å². The molecule has 1 atom stereocenters. The SMILES string of the molecule is Cc1cc(N2CCOC(C#N)C2)c2ccc(F)c(F)c2n1. The molecule has 1 fully saturated rings. The van der Waals surface area contributed by atoms with Gasteiger partial charge in [0, 0.05) is 23.3 Å². The minimum absolute atomic E-state index is 0.0185. The van der Waals surface area contributed by atoms with Gasteiger partial charge in [0.1, 0.15) is 5.52 Å². The summed E-state index contributed by atoms with van der Waals surface area (Å²) < 4.78 is 32.6. The summed E-state index contributed by atoms with van der Waals surface area (Å²) in [6.07, 6.45) is -0.521. The van der Waals surface area contributed by atoms with Gasteiger partial charge < -0.3 is 9.64 Å². The zero-order valence-corrected chi connectivity index (χ0v) is 11.4. The van der Waals surface area contributed by atoms with Crippen molar-refractivity contribution in [1.82, 2.24) is 4.98 Å². The van der Waals surface area contributed by atoms with Crippen LogP contribution in [0.2, 0.25) is 0 Å². The van der Waals surface area contributed by atoms with Crippen LogP contribution in [0.25, 0.3) is 10.9 Å². The van der Waals surface area contributed by atoms with Crippen LogP contribution < -0.4 is 4.90 Å². The standard InChI is InChI=1S/C15H13F2N3O/c1-9-6-13(20-4-5-21-10(7-18)8-20)11-2-3-12(16)14(17)15(11)19-9/h2-3,6,10H,4-5,8H2,1H3. The van der Waals surface area contributed by atoms with Crippen molar-refractivity contribution in [3.05, 3.63) is 35.5 Å². The molecule has 0 saturated carbocycles. The molecule has 1 aliphatic rings. The second-order valence-corrected chi connectivity index (χ2v) is 4.97. The number of benzene rings is 1. The molecule has 4 nitrogen and oxygen atoms in total. The molecular weight excluding hydrogens is 276 g/mol. The van der Waals surface area contributed by atoms with E-state index in [9.17, 15) is 8.78 Å². The number of aromatic nitrogens is 1. The van der Waals surface area contributed by atoms with Crippen molar-refractivity contribution in [2.45, 2.75) is 13.0 Å². The third kappa shape index (κ3) is 2.41. The number of nitrogens with zero attached hydrogens (tertiary/aromatic N) is 3. The maximum absolute atomic E-state index is 13.9. The van der Waals surface area contributed by atoms with E-state index in [0.717, 1.165) is 11.8 Å². The average molecular weight is 289 g/mol. The van der Waals surface area contributed by atoms with Crippen LogP contribution >= 0.6 is 0 Å². The lowest BCUT2D eigenvalue weighted by Crippen LogP contribution is -2.42. The zero-order valence-electron chi connectivity index (χ0n) is 11.4. The molecule has 0 bridgehead atoms. The van der Waals surface area contributed by atoms with Gasteiger partial charge in [-0.05, 0) is 25.1 Å². The number of anilines is 1. The molecule has 6 heteroatoms. The van der Waals surface area contributed by atoms with E-state index >= 15 is 0 Å². The Morgan fingerprint density at radius 2 is 2.24 bits per heavy atom. The van der Waals surface area contributed by atoms with E-state index in [-0.39, 0.29) is 5.52 Å². The second kappa shape index (κ2) is 5.26. The molecule has 3 rings (SSSR count). The predicted octanol–water partition coefficient (Wildman–Crippen LogP) is 2.55. The van der Waals surface area contributed by atoms with Crippen LogP contribution in [0, 0.1) is 29.9 Å². The molecule has 1 saturated heterocycles. The quantitative estimate of drug-likeness (QED) is 0.809. The lowest BCUT2D eigenvalue weighted by atomic mass is 10.1. The molecule has 0 radical (unpaired) electrons. The Balaban J connectivity index is 2.14. The number of hydrogen-bond acceptors (Lipinski definition) is 4. The Morgan fingerprint density at radius 1 is 1.43 bits per heavy atom. The number of aryl methyl sites for hydroxylation is 1. The predicted molar refractivity (Wildman–Crippen MR) is 74.0 cm³/mol. The van der Waals surface area contributed by atoms with Crippen molar-refractivity contribution >= 4 is 16.6 Å². The van der Waals surface area contributed by atoms with Gasteiger partial charge in [0.05, 0.1) is 19.2 Å². The van der Waals surface area contributed by atoms with Gasteiger partial charge in [-0.2, -0.15) is 5.26 Å². The molecule has 1 aromatic carbocycles. The summed E-state index contributed by atoms with van der Waals surface area (Å²) >= 11 is 0. The van der Waals surface area contributed by atoms with E-state index in [1.54, 1.807) is 6.92 Å². The first-order chi connectivity index (χ1) is 10.1. The molecule has 1 aliphatic heterocycles. The number of hydrogen-bond donors (Lipinski definition) is 0. The molecule has 2 aromatic rings. The number of nitriles is 1. The smallest absolute Gasteiger partial charge is 0.185 e. The van der Waals surface area contributed by atoms with E-state index in [0.29, 0.717) is 30.8 Å². The first-order valence-electron chi connectivity index (χ1n) is 6.61. The topological polar surface area (TPSA) is 49.1 Å². The molecular formula is C15H13F2N3O. The molecule has 108 valence electrons. The zero-order chi connectivity index (χ0) is 15.0. The molecule has 2 heterocycles. The summed E-state index contributed by atoms with van der Waals surface area (Å²) in [4.78, 5) is 6.04. The van der Waals surface area contributed by atoms with Gasteiger partial charge in [0.2, 0.25) is 0 Å². The lowest BCUT2D eigenvalue weighted by molar-refractivity contribution is 0.0765. The summed E-state index contributed by atoms with van der Waals surface area (Å²) in [6, 6.07) is 6.51.